The molecule has 6 rings (SSSR count). The lowest BCUT2D eigenvalue weighted by atomic mass is 10.1. The Bertz CT molecular complexity index is 1420. The number of ether oxygens (including phenoxy) is 2. The van der Waals surface area contributed by atoms with E-state index in [1.165, 1.54) is 0 Å². The van der Waals surface area contributed by atoms with E-state index in [2.05, 4.69) is 26.9 Å². The molecule has 0 spiro atoms. The number of aromatic amines is 1. The number of hydrogen-bond donors (Lipinski definition) is 2. The zero-order valence-electron chi connectivity index (χ0n) is 19.4. The maximum atomic E-state index is 11.6. The second kappa shape index (κ2) is 8.59. The van der Waals surface area contributed by atoms with Crippen molar-refractivity contribution in [1.82, 2.24) is 15.0 Å². The maximum absolute atomic E-state index is 11.6. The Morgan fingerprint density at radius 1 is 1.29 bits per heavy atom. The number of rotatable bonds is 5. The van der Waals surface area contributed by atoms with Gasteiger partial charge in [-0.05, 0) is 24.3 Å². The normalized spacial score (nSPS) is 17.2. The van der Waals surface area contributed by atoms with Crippen molar-refractivity contribution in [1.29, 1.82) is 0 Å². The third kappa shape index (κ3) is 3.74. The van der Waals surface area contributed by atoms with Crippen molar-refractivity contribution in [3.05, 3.63) is 66.0 Å². The fourth-order valence-electron chi connectivity index (χ4n) is 5.03. The summed E-state index contributed by atoms with van der Waals surface area (Å²) in [5, 5.41) is 1.10. The van der Waals surface area contributed by atoms with Crippen LogP contribution >= 0.6 is 0 Å². The molecule has 2 aromatic heterocycles. The van der Waals surface area contributed by atoms with E-state index in [9.17, 15) is 4.79 Å². The van der Waals surface area contributed by atoms with Crippen molar-refractivity contribution in [2.75, 3.05) is 43.2 Å². The number of nitrogens with two attached hydrogens (primary N) is 1. The summed E-state index contributed by atoms with van der Waals surface area (Å²) in [6.07, 6.45) is 3.85. The summed E-state index contributed by atoms with van der Waals surface area (Å²) < 4.78 is 11.4. The Balaban J connectivity index is 1.41. The second-order valence-corrected chi connectivity index (χ2v) is 8.84. The average molecular weight is 471 g/mol. The summed E-state index contributed by atoms with van der Waals surface area (Å²) in [4.78, 5) is 29.3. The molecule has 2 aromatic carbocycles. The Morgan fingerprint density at radius 2 is 2.20 bits per heavy atom. The number of primary amides is 1. The number of nitrogens with zero attached hydrogens (tertiary/aromatic N) is 4. The Morgan fingerprint density at radius 3 is 3.06 bits per heavy atom. The molecular formula is C26H26N6O3. The van der Waals surface area contributed by atoms with E-state index in [0.717, 1.165) is 46.6 Å². The molecule has 4 heterocycles. The molecule has 9 nitrogen and oxygen atoms in total. The number of hydrogen-bond acceptors (Lipinski definition) is 7. The number of H-pyrrole nitrogens is 1. The van der Waals surface area contributed by atoms with Gasteiger partial charge in [-0.1, -0.05) is 18.2 Å². The molecule has 0 bridgehead atoms. The smallest absolute Gasteiger partial charge is 0.248 e. The predicted octanol–water partition coefficient (Wildman–Crippen LogP) is 2.96. The molecule has 3 N–H and O–H groups in total. The summed E-state index contributed by atoms with van der Waals surface area (Å²) in [5.41, 5.74) is 9.85. The van der Waals surface area contributed by atoms with Crippen LogP contribution in [0.2, 0.25) is 0 Å². The van der Waals surface area contributed by atoms with Crippen molar-refractivity contribution >= 4 is 28.3 Å². The van der Waals surface area contributed by atoms with Gasteiger partial charge in [0.15, 0.2) is 11.6 Å². The molecule has 1 atom stereocenters. The molecule has 0 saturated carbocycles. The monoisotopic (exact) mass is 470 g/mol. The molecule has 2 aliphatic rings. The fourth-order valence-corrected chi connectivity index (χ4v) is 5.03. The van der Waals surface area contributed by atoms with Crippen LogP contribution in [0.1, 0.15) is 15.9 Å². The van der Waals surface area contributed by atoms with Crippen LogP contribution in [-0.4, -0.2) is 60.3 Å². The number of morpholine rings is 1. The third-order valence-electron chi connectivity index (χ3n) is 6.79. The summed E-state index contributed by atoms with van der Waals surface area (Å²) >= 11 is 0. The number of carbonyl (C=O) groups is 1. The van der Waals surface area contributed by atoms with Crippen molar-refractivity contribution in [2.24, 2.45) is 5.73 Å². The van der Waals surface area contributed by atoms with Gasteiger partial charge in [-0.2, -0.15) is 0 Å². The topological polar surface area (TPSA) is 110 Å². The summed E-state index contributed by atoms with van der Waals surface area (Å²) in [7, 11) is 1.60. The highest BCUT2D eigenvalue weighted by Gasteiger charge is 2.35. The summed E-state index contributed by atoms with van der Waals surface area (Å²) in [6.45, 7) is 3.44. The number of nitrogens with one attached hydrogen (secondary N) is 1. The molecule has 35 heavy (non-hydrogen) atoms. The van der Waals surface area contributed by atoms with Crippen LogP contribution in [0.3, 0.4) is 0 Å². The Hall–Kier alpha value is -4.11. The highest BCUT2D eigenvalue weighted by molar-refractivity contribution is 5.94. The molecule has 9 heteroatoms. The molecule has 0 aliphatic carbocycles. The molecule has 1 amide bonds. The maximum Gasteiger partial charge on any atom is 0.248 e. The number of carbonyl (C=O) groups excluding carboxylic acids is 1. The summed E-state index contributed by atoms with van der Waals surface area (Å²) in [5.74, 6) is 1.76. The van der Waals surface area contributed by atoms with Crippen LogP contribution in [0, 0.1) is 0 Å². The van der Waals surface area contributed by atoms with E-state index < -0.39 is 5.91 Å². The molecule has 1 fully saturated rings. The van der Waals surface area contributed by atoms with Crippen LogP contribution in [0.4, 0.5) is 11.5 Å². The van der Waals surface area contributed by atoms with Crippen LogP contribution in [0.25, 0.3) is 22.3 Å². The molecule has 1 saturated heterocycles. The quantitative estimate of drug-likeness (QED) is 0.461. The number of benzene rings is 2. The lowest BCUT2D eigenvalue weighted by Crippen LogP contribution is -2.55. The van der Waals surface area contributed by atoms with Gasteiger partial charge in [-0.3, -0.25) is 4.79 Å². The van der Waals surface area contributed by atoms with Crippen LogP contribution in [0.5, 0.6) is 5.75 Å². The van der Waals surface area contributed by atoms with Crippen LogP contribution in [0.15, 0.2) is 54.9 Å². The van der Waals surface area contributed by atoms with Gasteiger partial charge in [-0.15, -0.1) is 0 Å². The molecule has 4 aromatic rings. The first-order chi connectivity index (χ1) is 17.1. The largest absolute Gasteiger partial charge is 0.496 e. The number of fused-ring (bicyclic) bond motifs is 4. The minimum atomic E-state index is -0.480. The molecular weight excluding hydrogens is 444 g/mol. The van der Waals surface area contributed by atoms with Gasteiger partial charge < -0.3 is 30.0 Å². The van der Waals surface area contributed by atoms with Crippen LogP contribution in [-0.2, 0) is 11.3 Å². The molecule has 2 aliphatic heterocycles. The first kappa shape index (κ1) is 21.4. The van der Waals surface area contributed by atoms with Crippen molar-refractivity contribution in [2.45, 2.75) is 12.6 Å². The zero-order valence-corrected chi connectivity index (χ0v) is 19.4. The number of aromatic nitrogens is 3. The van der Waals surface area contributed by atoms with E-state index in [-0.39, 0.29) is 6.04 Å². The minimum Gasteiger partial charge on any atom is -0.496 e. The number of anilines is 2. The SMILES string of the molecule is COc1cc(C(N)=O)ccc1CN1CC2COCCN2c2nc(-c3cccc4[nH]ccc34)ncc21. The number of amides is 1. The van der Waals surface area contributed by atoms with Crippen molar-refractivity contribution < 1.29 is 14.3 Å². The van der Waals surface area contributed by atoms with E-state index in [0.29, 0.717) is 36.9 Å². The van der Waals surface area contributed by atoms with E-state index in [1.54, 1.807) is 19.2 Å². The van der Waals surface area contributed by atoms with Gasteiger partial charge in [0.2, 0.25) is 5.91 Å². The van der Waals surface area contributed by atoms with E-state index >= 15 is 0 Å². The average Bonchev–Trinajstić information content (AvgIpc) is 3.38. The van der Waals surface area contributed by atoms with Crippen molar-refractivity contribution in [3.63, 3.8) is 0 Å². The standard InChI is InChI=1S/C26H26N6O3/c1-34-23-11-16(24(27)33)5-6-17(23)13-31-14-18-15-35-10-9-32(18)26-22(31)12-29-25(30-26)20-3-2-4-21-19(20)7-8-28-21/h2-8,11-12,18,28H,9-10,13-15H2,1H3,(H2,27,33). The third-order valence-corrected chi connectivity index (χ3v) is 6.79. The van der Waals surface area contributed by atoms with Crippen molar-refractivity contribution in [3.8, 4) is 17.1 Å². The lowest BCUT2D eigenvalue weighted by molar-refractivity contribution is 0.0935. The lowest BCUT2D eigenvalue weighted by Gasteiger charge is -2.45. The van der Waals surface area contributed by atoms with E-state index in [1.807, 2.05) is 30.6 Å². The van der Waals surface area contributed by atoms with Gasteiger partial charge in [0.25, 0.3) is 0 Å². The first-order valence-electron chi connectivity index (χ1n) is 11.6. The molecule has 0 radical (unpaired) electrons. The highest BCUT2D eigenvalue weighted by Crippen LogP contribution is 2.38. The van der Waals surface area contributed by atoms with Gasteiger partial charge in [0.1, 0.15) is 5.75 Å². The van der Waals surface area contributed by atoms with Gasteiger partial charge in [-0.25, -0.2) is 9.97 Å². The van der Waals surface area contributed by atoms with Gasteiger partial charge in [0.05, 0.1) is 38.2 Å². The van der Waals surface area contributed by atoms with Gasteiger partial charge >= 0.3 is 0 Å². The van der Waals surface area contributed by atoms with E-state index in [4.69, 9.17) is 25.2 Å². The minimum absolute atomic E-state index is 0.179. The zero-order chi connectivity index (χ0) is 23.9. The first-order valence-corrected chi connectivity index (χ1v) is 11.6. The predicted molar refractivity (Wildman–Crippen MR) is 134 cm³/mol. The number of methoxy groups -OCH3 is 1. The molecule has 178 valence electrons. The second-order valence-electron chi connectivity index (χ2n) is 8.84. The summed E-state index contributed by atoms with van der Waals surface area (Å²) in [6, 6.07) is 13.7. The highest BCUT2D eigenvalue weighted by atomic mass is 16.5. The molecule has 1 unspecified atom stereocenters. The Labute approximate surface area is 202 Å². The fraction of sp³-hybridized carbons (Fsp3) is 0.269. The Kier molecular flexibility index (Phi) is 5.26. The van der Waals surface area contributed by atoms with Gasteiger partial charge in [0, 0.05) is 53.4 Å². The van der Waals surface area contributed by atoms with Crippen LogP contribution < -0.4 is 20.3 Å².